The Bertz CT molecular complexity index is 141. The monoisotopic (exact) mass is 174 g/mol. The van der Waals surface area contributed by atoms with Gasteiger partial charge in [0.2, 0.25) is 0 Å². The summed E-state index contributed by atoms with van der Waals surface area (Å²) < 4.78 is 31.6. The molecule has 0 heterocycles. The standard InChI is InChI=1S/C3H5Cl.H2O4S/c1-2-3-4;1-5(2,3)4/h2H,1,3H2;(H2,1,2,3,4). The molecule has 0 fully saturated rings. The van der Waals surface area contributed by atoms with Crippen molar-refractivity contribution in [1.82, 2.24) is 0 Å². The molecule has 0 unspecified atom stereocenters. The van der Waals surface area contributed by atoms with Gasteiger partial charge in [-0.2, -0.15) is 8.42 Å². The van der Waals surface area contributed by atoms with Crippen LogP contribution in [-0.2, 0) is 10.4 Å². The van der Waals surface area contributed by atoms with Crippen molar-refractivity contribution in [1.29, 1.82) is 0 Å². The molecule has 0 aliphatic heterocycles. The van der Waals surface area contributed by atoms with E-state index < -0.39 is 10.4 Å². The lowest BCUT2D eigenvalue weighted by Gasteiger charge is -1.68. The molecule has 4 nitrogen and oxygen atoms in total. The number of hydrogen-bond acceptors (Lipinski definition) is 2. The fraction of sp³-hybridized carbons (Fsp3) is 0.333. The van der Waals surface area contributed by atoms with Crippen molar-refractivity contribution in [2.45, 2.75) is 0 Å². The molecule has 0 atom stereocenters. The van der Waals surface area contributed by atoms with Crippen LogP contribution in [0, 0.1) is 0 Å². The van der Waals surface area contributed by atoms with E-state index in [4.69, 9.17) is 29.1 Å². The Morgan fingerprint density at radius 1 is 1.56 bits per heavy atom. The lowest BCUT2D eigenvalue weighted by atomic mass is 10.8. The average Bonchev–Trinajstić information content (AvgIpc) is 1.61. The van der Waals surface area contributed by atoms with Gasteiger partial charge in [-0.25, -0.2) is 0 Å². The molecule has 0 aliphatic carbocycles. The van der Waals surface area contributed by atoms with Gasteiger partial charge in [0.1, 0.15) is 0 Å². The van der Waals surface area contributed by atoms with Crippen LogP contribution in [0.3, 0.4) is 0 Å². The van der Waals surface area contributed by atoms with E-state index in [0.29, 0.717) is 5.88 Å². The molecular formula is C3H7ClO4S. The zero-order chi connectivity index (χ0) is 7.91. The Morgan fingerprint density at radius 2 is 1.67 bits per heavy atom. The minimum atomic E-state index is -4.67. The van der Waals surface area contributed by atoms with Crippen LogP contribution >= 0.6 is 11.6 Å². The smallest absolute Gasteiger partial charge is 0.264 e. The summed E-state index contributed by atoms with van der Waals surface area (Å²) in [6.45, 7) is 3.35. The number of allylic oxidation sites excluding steroid dienone is 1. The molecule has 0 rings (SSSR count). The Morgan fingerprint density at radius 3 is 1.67 bits per heavy atom. The molecule has 0 bridgehead atoms. The molecule has 0 radical (unpaired) electrons. The summed E-state index contributed by atoms with van der Waals surface area (Å²) in [4.78, 5) is 0. The maximum absolute atomic E-state index is 8.74. The second-order valence-corrected chi connectivity index (χ2v) is 2.10. The van der Waals surface area contributed by atoms with Gasteiger partial charge in [0.05, 0.1) is 0 Å². The topological polar surface area (TPSA) is 74.6 Å². The molecule has 0 spiro atoms. The van der Waals surface area contributed by atoms with Gasteiger partial charge in [0, 0.05) is 5.88 Å². The van der Waals surface area contributed by atoms with Crippen molar-refractivity contribution in [2.75, 3.05) is 5.88 Å². The second-order valence-electron chi connectivity index (χ2n) is 0.891. The molecule has 0 aromatic carbocycles. The number of alkyl halides is 1. The third-order valence-electron chi connectivity index (χ3n) is 0.109. The predicted octanol–water partition coefficient (Wildman–Crippen LogP) is 0.758. The van der Waals surface area contributed by atoms with Gasteiger partial charge in [0.25, 0.3) is 0 Å². The molecular weight excluding hydrogens is 168 g/mol. The van der Waals surface area contributed by atoms with Crippen molar-refractivity contribution < 1.29 is 17.5 Å². The summed E-state index contributed by atoms with van der Waals surface area (Å²) >= 11 is 5.07. The van der Waals surface area contributed by atoms with Crippen LogP contribution in [0.15, 0.2) is 12.7 Å². The van der Waals surface area contributed by atoms with E-state index in [1.165, 1.54) is 0 Å². The third-order valence-corrected chi connectivity index (χ3v) is 0.327. The van der Waals surface area contributed by atoms with Gasteiger partial charge in [-0.1, -0.05) is 6.08 Å². The summed E-state index contributed by atoms with van der Waals surface area (Å²) in [6.07, 6.45) is 1.64. The largest absolute Gasteiger partial charge is 0.394 e. The molecule has 6 heteroatoms. The van der Waals surface area contributed by atoms with Crippen molar-refractivity contribution in [3.05, 3.63) is 12.7 Å². The lowest BCUT2D eigenvalue weighted by molar-refractivity contribution is 0.381. The summed E-state index contributed by atoms with van der Waals surface area (Å²) in [5, 5.41) is 0. The van der Waals surface area contributed by atoms with Crippen molar-refractivity contribution in [2.24, 2.45) is 0 Å². The Hall–Kier alpha value is -0.100. The van der Waals surface area contributed by atoms with Gasteiger partial charge in [0.15, 0.2) is 0 Å². The number of halogens is 1. The van der Waals surface area contributed by atoms with E-state index in [1.807, 2.05) is 0 Å². The summed E-state index contributed by atoms with van der Waals surface area (Å²) in [6, 6.07) is 0. The van der Waals surface area contributed by atoms with E-state index in [9.17, 15) is 0 Å². The summed E-state index contributed by atoms with van der Waals surface area (Å²) in [7, 11) is -4.67. The summed E-state index contributed by atoms with van der Waals surface area (Å²) in [5.41, 5.74) is 0. The first-order valence-corrected chi connectivity index (χ1v) is 3.71. The van der Waals surface area contributed by atoms with Gasteiger partial charge in [-0.3, -0.25) is 9.11 Å². The zero-order valence-electron chi connectivity index (χ0n) is 4.49. The second kappa shape index (κ2) is 6.03. The van der Waals surface area contributed by atoms with Crippen LogP contribution in [0.5, 0.6) is 0 Å². The first-order valence-electron chi connectivity index (χ1n) is 1.78. The molecule has 56 valence electrons. The molecule has 0 saturated carbocycles. The Balaban J connectivity index is 0. The number of rotatable bonds is 1. The fourth-order valence-electron chi connectivity index (χ4n) is 0. The summed E-state index contributed by atoms with van der Waals surface area (Å²) in [5.74, 6) is 0.556. The average molecular weight is 175 g/mol. The first kappa shape index (κ1) is 11.7. The Labute approximate surface area is 58.7 Å². The van der Waals surface area contributed by atoms with E-state index in [0.717, 1.165) is 0 Å². The molecule has 0 amide bonds. The highest BCUT2D eigenvalue weighted by Crippen LogP contribution is 1.67. The van der Waals surface area contributed by atoms with E-state index >= 15 is 0 Å². The Kier molecular flexibility index (Phi) is 7.81. The maximum atomic E-state index is 8.74. The molecule has 0 aromatic heterocycles. The zero-order valence-corrected chi connectivity index (χ0v) is 6.06. The van der Waals surface area contributed by atoms with Gasteiger partial charge < -0.3 is 0 Å². The maximum Gasteiger partial charge on any atom is 0.394 e. The fourth-order valence-corrected chi connectivity index (χ4v) is 0. The van der Waals surface area contributed by atoms with E-state index in [-0.39, 0.29) is 0 Å². The van der Waals surface area contributed by atoms with Crippen LogP contribution in [-0.4, -0.2) is 23.4 Å². The van der Waals surface area contributed by atoms with Crippen molar-refractivity contribution in [3.63, 3.8) is 0 Å². The molecule has 2 N–H and O–H groups in total. The minimum absolute atomic E-state index is 0.556. The van der Waals surface area contributed by atoms with Gasteiger partial charge in [-0.15, -0.1) is 18.2 Å². The lowest BCUT2D eigenvalue weighted by Crippen LogP contribution is -1.89. The highest BCUT2D eigenvalue weighted by molar-refractivity contribution is 7.79. The highest BCUT2D eigenvalue weighted by Gasteiger charge is 1.84. The molecule has 0 saturated heterocycles. The quantitative estimate of drug-likeness (QED) is 0.350. The van der Waals surface area contributed by atoms with Crippen LogP contribution in [0.1, 0.15) is 0 Å². The first-order chi connectivity index (χ1) is 3.91. The van der Waals surface area contributed by atoms with Crippen LogP contribution in [0.2, 0.25) is 0 Å². The molecule has 0 aromatic rings. The number of hydrogen-bond donors (Lipinski definition) is 2. The van der Waals surface area contributed by atoms with E-state index in [1.54, 1.807) is 6.08 Å². The SMILES string of the molecule is C=CCCl.O=S(=O)(O)O. The van der Waals surface area contributed by atoms with Crippen molar-refractivity contribution in [3.8, 4) is 0 Å². The van der Waals surface area contributed by atoms with Gasteiger partial charge >= 0.3 is 10.4 Å². The molecule has 0 aliphatic rings. The molecule has 9 heavy (non-hydrogen) atoms. The normalized spacial score (nSPS) is 9.22. The van der Waals surface area contributed by atoms with Crippen LogP contribution in [0.4, 0.5) is 0 Å². The van der Waals surface area contributed by atoms with Crippen molar-refractivity contribution >= 4 is 22.0 Å². The third kappa shape index (κ3) is 340. The predicted molar refractivity (Wildman–Crippen MR) is 35.1 cm³/mol. The van der Waals surface area contributed by atoms with Crippen LogP contribution < -0.4 is 0 Å². The minimum Gasteiger partial charge on any atom is -0.264 e. The van der Waals surface area contributed by atoms with Crippen LogP contribution in [0.25, 0.3) is 0 Å². The highest BCUT2D eigenvalue weighted by atomic mass is 35.5. The van der Waals surface area contributed by atoms with Gasteiger partial charge in [-0.05, 0) is 0 Å². The van der Waals surface area contributed by atoms with E-state index in [2.05, 4.69) is 6.58 Å².